The Morgan fingerprint density at radius 2 is 2.39 bits per heavy atom. The molecule has 2 aromatic rings. The highest BCUT2D eigenvalue weighted by Gasteiger charge is 2.20. The number of nitrogens with one attached hydrogen (secondary N) is 1. The first kappa shape index (κ1) is 12.5. The normalized spacial score (nSPS) is 10.5. The fourth-order valence-electron chi connectivity index (χ4n) is 1.83. The highest BCUT2D eigenvalue weighted by atomic mass is 32.1. The fraction of sp³-hybridized carbons (Fsp3) is 0.333. The van der Waals surface area contributed by atoms with Crippen LogP contribution in [0.25, 0.3) is 10.2 Å². The molecule has 1 amide bonds. The number of carbonyl (C=O) groups is 1. The largest absolute Gasteiger partial charge is 0.397 e. The zero-order chi connectivity index (χ0) is 13.3. The number of nitrogen functional groups attached to an aromatic ring is 1. The number of thiophene rings is 1. The summed E-state index contributed by atoms with van der Waals surface area (Å²) in [5, 5.41) is 7.89. The summed E-state index contributed by atoms with van der Waals surface area (Å²) in [6, 6.07) is 0. The molecule has 2 rings (SSSR count). The number of aromatic nitrogens is 2. The third-order valence-electron chi connectivity index (χ3n) is 2.64. The van der Waals surface area contributed by atoms with E-state index in [4.69, 9.17) is 12.2 Å². The first-order chi connectivity index (χ1) is 8.56. The summed E-state index contributed by atoms with van der Waals surface area (Å²) in [6.07, 6.45) is 5.64. The Labute approximate surface area is 109 Å². The number of terminal acetylenes is 1. The fourth-order valence-corrected chi connectivity index (χ4v) is 2.93. The molecule has 0 atom stereocenters. The number of rotatable bonds is 3. The molecular weight excluding hydrogens is 248 g/mol. The predicted molar refractivity (Wildman–Crippen MR) is 73.5 cm³/mol. The van der Waals surface area contributed by atoms with Crippen molar-refractivity contribution in [3.05, 3.63) is 10.6 Å². The molecule has 0 aliphatic rings. The number of amides is 1. The zero-order valence-corrected chi connectivity index (χ0v) is 11.1. The minimum absolute atomic E-state index is 0.177. The van der Waals surface area contributed by atoms with Gasteiger partial charge in [0.2, 0.25) is 0 Å². The SMILES string of the molecule is C#CCCNC(=O)c1sc2c(c(C)nn2C)c1N. The van der Waals surface area contributed by atoms with Gasteiger partial charge in [0.05, 0.1) is 16.8 Å². The van der Waals surface area contributed by atoms with Gasteiger partial charge in [-0.1, -0.05) is 0 Å². The van der Waals surface area contributed by atoms with Gasteiger partial charge in [-0.2, -0.15) is 5.10 Å². The van der Waals surface area contributed by atoms with E-state index < -0.39 is 0 Å². The second kappa shape index (κ2) is 4.70. The van der Waals surface area contributed by atoms with E-state index in [-0.39, 0.29) is 5.91 Å². The van der Waals surface area contributed by atoms with Crippen molar-refractivity contribution < 1.29 is 4.79 Å². The third kappa shape index (κ3) is 1.93. The zero-order valence-electron chi connectivity index (χ0n) is 10.3. The molecule has 0 bridgehead atoms. The maximum atomic E-state index is 12.0. The molecule has 0 fully saturated rings. The number of hydrogen-bond acceptors (Lipinski definition) is 4. The maximum Gasteiger partial charge on any atom is 0.263 e. The molecule has 2 heterocycles. The molecule has 0 aromatic carbocycles. The summed E-state index contributed by atoms with van der Waals surface area (Å²) in [7, 11) is 1.84. The number of aryl methyl sites for hydroxylation is 2. The van der Waals surface area contributed by atoms with Crippen molar-refractivity contribution in [2.45, 2.75) is 13.3 Å². The van der Waals surface area contributed by atoms with Gasteiger partial charge >= 0.3 is 0 Å². The summed E-state index contributed by atoms with van der Waals surface area (Å²) in [4.78, 5) is 13.4. The van der Waals surface area contributed by atoms with Crippen LogP contribution in [0.1, 0.15) is 21.8 Å². The lowest BCUT2D eigenvalue weighted by molar-refractivity contribution is 0.0959. The van der Waals surface area contributed by atoms with Gasteiger partial charge in [0.1, 0.15) is 9.71 Å². The molecule has 6 heteroatoms. The summed E-state index contributed by atoms with van der Waals surface area (Å²) >= 11 is 1.35. The Morgan fingerprint density at radius 1 is 1.67 bits per heavy atom. The first-order valence-corrected chi connectivity index (χ1v) is 6.31. The third-order valence-corrected chi connectivity index (χ3v) is 3.91. The average Bonchev–Trinajstić information content (AvgIpc) is 2.80. The Kier molecular flexibility index (Phi) is 3.26. The van der Waals surface area contributed by atoms with Crippen LogP contribution < -0.4 is 11.1 Å². The van der Waals surface area contributed by atoms with Crippen LogP contribution >= 0.6 is 11.3 Å². The second-order valence-corrected chi connectivity index (χ2v) is 4.94. The van der Waals surface area contributed by atoms with E-state index in [0.717, 1.165) is 15.9 Å². The predicted octanol–water partition coefficient (Wildman–Crippen LogP) is 1.28. The van der Waals surface area contributed by atoms with Gasteiger partial charge in [0.15, 0.2) is 0 Å². The van der Waals surface area contributed by atoms with E-state index in [0.29, 0.717) is 23.5 Å². The van der Waals surface area contributed by atoms with Gasteiger partial charge in [0.25, 0.3) is 5.91 Å². The second-order valence-electron chi connectivity index (χ2n) is 3.94. The van der Waals surface area contributed by atoms with Crippen molar-refractivity contribution in [1.29, 1.82) is 0 Å². The number of anilines is 1. The van der Waals surface area contributed by atoms with Crippen LogP contribution in [0, 0.1) is 19.3 Å². The topological polar surface area (TPSA) is 72.9 Å². The van der Waals surface area contributed by atoms with Crippen molar-refractivity contribution >= 4 is 33.1 Å². The molecule has 0 radical (unpaired) electrons. The van der Waals surface area contributed by atoms with Crippen LogP contribution in [0.2, 0.25) is 0 Å². The van der Waals surface area contributed by atoms with Gasteiger partial charge in [-0.25, -0.2) is 0 Å². The average molecular weight is 262 g/mol. The molecule has 5 nitrogen and oxygen atoms in total. The molecule has 3 N–H and O–H groups in total. The van der Waals surface area contributed by atoms with Crippen LogP contribution in [0.3, 0.4) is 0 Å². The Hall–Kier alpha value is -2.00. The van der Waals surface area contributed by atoms with Crippen LogP contribution in [0.4, 0.5) is 5.69 Å². The van der Waals surface area contributed by atoms with Crippen LogP contribution in [0.5, 0.6) is 0 Å². The Bertz CT molecular complexity index is 647. The number of fused-ring (bicyclic) bond motifs is 1. The van der Waals surface area contributed by atoms with Crippen LogP contribution in [-0.4, -0.2) is 22.2 Å². The summed E-state index contributed by atoms with van der Waals surface area (Å²) in [5.41, 5.74) is 7.35. The maximum absolute atomic E-state index is 12.0. The summed E-state index contributed by atoms with van der Waals surface area (Å²) in [6.45, 7) is 2.34. The van der Waals surface area contributed by atoms with Crippen molar-refractivity contribution in [3.63, 3.8) is 0 Å². The van der Waals surface area contributed by atoms with E-state index in [2.05, 4.69) is 16.3 Å². The molecule has 18 heavy (non-hydrogen) atoms. The molecule has 2 aromatic heterocycles. The highest BCUT2D eigenvalue weighted by Crippen LogP contribution is 2.35. The van der Waals surface area contributed by atoms with Gasteiger partial charge in [-0.15, -0.1) is 23.7 Å². The van der Waals surface area contributed by atoms with Crippen molar-refractivity contribution in [1.82, 2.24) is 15.1 Å². The van der Waals surface area contributed by atoms with Crippen molar-refractivity contribution in [2.75, 3.05) is 12.3 Å². The number of nitrogens with zero attached hydrogens (tertiary/aromatic N) is 2. The molecule has 0 aliphatic heterocycles. The molecular formula is C12H14N4OS. The Morgan fingerprint density at radius 3 is 3.00 bits per heavy atom. The van der Waals surface area contributed by atoms with Gasteiger partial charge in [0, 0.05) is 20.0 Å². The van der Waals surface area contributed by atoms with E-state index in [1.54, 1.807) is 4.68 Å². The van der Waals surface area contributed by atoms with Crippen LogP contribution in [0.15, 0.2) is 0 Å². The highest BCUT2D eigenvalue weighted by molar-refractivity contribution is 7.21. The standard InChI is InChI=1S/C12H14N4OS/c1-4-5-6-14-11(17)10-9(13)8-7(2)15-16(3)12(8)18-10/h1H,5-6,13H2,2-3H3,(H,14,17). The monoisotopic (exact) mass is 262 g/mol. The smallest absolute Gasteiger partial charge is 0.263 e. The van der Waals surface area contributed by atoms with Gasteiger partial charge < -0.3 is 11.1 Å². The molecule has 0 spiro atoms. The number of carbonyl (C=O) groups excluding carboxylic acids is 1. The molecule has 0 aliphatic carbocycles. The lowest BCUT2D eigenvalue weighted by atomic mass is 10.2. The minimum Gasteiger partial charge on any atom is -0.397 e. The molecule has 0 unspecified atom stereocenters. The van der Waals surface area contributed by atoms with Gasteiger partial charge in [-0.3, -0.25) is 9.48 Å². The van der Waals surface area contributed by atoms with Crippen LogP contribution in [-0.2, 0) is 7.05 Å². The van der Waals surface area contributed by atoms with Gasteiger partial charge in [-0.05, 0) is 6.92 Å². The molecule has 94 valence electrons. The summed E-state index contributed by atoms with van der Waals surface area (Å²) in [5.74, 6) is 2.29. The van der Waals surface area contributed by atoms with Crippen molar-refractivity contribution in [3.8, 4) is 12.3 Å². The molecule has 0 saturated heterocycles. The first-order valence-electron chi connectivity index (χ1n) is 5.49. The van der Waals surface area contributed by atoms with Crippen molar-refractivity contribution in [2.24, 2.45) is 7.05 Å². The number of nitrogens with two attached hydrogens (primary N) is 1. The Balaban J connectivity index is 2.35. The lowest BCUT2D eigenvalue weighted by Crippen LogP contribution is -2.24. The molecule has 0 saturated carbocycles. The van der Waals surface area contributed by atoms with E-state index >= 15 is 0 Å². The minimum atomic E-state index is -0.177. The lowest BCUT2D eigenvalue weighted by Gasteiger charge is -2.01. The van der Waals surface area contributed by atoms with E-state index in [1.165, 1.54) is 11.3 Å². The summed E-state index contributed by atoms with van der Waals surface area (Å²) < 4.78 is 1.74. The number of hydrogen-bond donors (Lipinski definition) is 2. The van der Waals surface area contributed by atoms with E-state index in [1.807, 2.05) is 14.0 Å². The van der Waals surface area contributed by atoms with E-state index in [9.17, 15) is 4.79 Å². The quantitative estimate of drug-likeness (QED) is 0.646.